The van der Waals surface area contributed by atoms with E-state index in [1.165, 1.54) is 26.4 Å². The molecule has 0 aliphatic rings. The summed E-state index contributed by atoms with van der Waals surface area (Å²) in [6, 6.07) is 12.0. The van der Waals surface area contributed by atoms with Gasteiger partial charge in [0, 0.05) is 6.07 Å². The second kappa shape index (κ2) is 7.57. The third kappa shape index (κ3) is 3.82. The number of ether oxygens (including phenoxy) is 2. The van der Waals surface area contributed by atoms with Gasteiger partial charge in [0.25, 0.3) is 10.0 Å². The topological polar surface area (TPSA) is 64.6 Å². The van der Waals surface area contributed by atoms with E-state index in [0.29, 0.717) is 17.2 Å². The summed E-state index contributed by atoms with van der Waals surface area (Å²) in [6.45, 7) is 4.15. The molecule has 0 aliphatic heterocycles. The Hall–Kier alpha value is -2.21. The van der Waals surface area contributed by atoms with E-state index in [2.05, 4.69) is 18.6 Å². The lowest BCUT2D eigenvalue weighted by Crippen LogP contribution is -2.15. The molecule has 130 valence electrons. The average molecular weight is 349 g/mol. The van der Waals surface area contributed by atoms with Gasteiger partial charge in [-0.05, 0) is 36.1 Å². The van der Waals surface area contributed by atoms with Gasteiger partial charge in [0.1, 0.15) is 0 Å². The van der Waals surface area contributed by atoms with E-state index in [1.54, 1.807) is 12.1 Å². The summed E-state index contributed by atoms with van der Waals surface area (Å²) in [5.41, 5.74) is 1.57. The molecule has 1 N–H and O–H groups in total. The van der Waals surface area contributed by atoms with Crippen molar-refractivity contribution in [3.05, 3.63) is 48.0 Å². The Labute approximate surface area is 143 Å². The first-order valence-electron chi connectivity index (χ1n) is 7.76. The van der Waals surface area contributed by atoms with Crippen LogP contribution in [0.3, 0.4) is 0 Å². The first-order chi connectivity index (χ1) is 11.4. The molecule has 2 rings (SSSR count). The molecule has 6 heteroatoms. The molecular weight excluding hydrogens is 326 g/mol. The number of anilines is 1. The van der Waals surface area contributed by atoms with Crippen molar-refractivity contribution in [2.75, 3.05) is 18.9 Å². The van der Waals surface area contributed by atoms with Crippen LogP contribution in [0.15, 0.2) is 47.4 Å². The van der Waals surface area contributed by atoms with E-state index in [1.807, 2.05) is 18.2 Å². The highest BCUT2D eigenvalue weighted by atomic mass is 32.2. The molecule has 0 saturated heterocycles. The highest BCUT2D eigenvalue weighted by molar-refractivity contribution is 7.92. The van der Waals surface area contributed by atoms with E-state index in [0.717, 1.165) is 12.0 Å². The smallest absolute Gasteiger partial charge is 0.262 e. The number of sulfonamides is 1. The number of benzene rings is 2. The molecule has 24 heavy (non-hydrogen) atoms. The largest absolute Gasteiger partial charge is 0.493 e. The molecule has 1 atom stereocenters. The van der Waals surface area contributed by atoms with Gasteiger partial charge in [-0.15, -0.1) is 0 Å². The van der Waals surface area contributed by atoms with Gasteiger partial charge in [0.15, 0.2) is 11.5 Å². The Balaban J connectivity index is 2.39. The van der Waals surface area contributed by atoms with Crippen LogP contribution in [0.2, 0.25) is 0 Å². The lowest BCUT2D eigenvalue weighted by molar-refractivity contribution is 0.354. The molecule has 5 nitrogen and oxygen atoms in total. The Kier molecular flexibility index (Phi) is 5.72. The summed E-state index contributed by atoms with van der Waals surface area (Å²) in [5.74, 6) is 1.11. The number of nitrogens with one attached hydrogen (secondary N) is 1. The zero-order valence-corrected chi connectivity index (χ0v) is 15.2. The van der Waals surface area contributed by atoms with Gasteiger partial charge in [-0.2, -0.15) is 0 Å². The second-order valence-electron chi connectivity index (χ2n) is 5.52. The summed E-state index contributed by atoms with van der Waals surface area (Å²) in [5, 5.41) is 0. The van der Waals surface area contributed by atoms with Crippen molar-refractivity contribution in [1.82, 2.24) is 0 Å². The van der Waals surface area contributed by atoms with Crippen molar-refractivity contribution in [2.45, 2.75) is 31.1 Å². The summed E-state index contributed by atoms with van der Waals surface area (Å²) in [4.78, 5) is 0.124. The maximum Gasteiger partial charge on any atom is 0.262 e. The fourth-order valence-electron chi connectivity index (χ4n) is 2.43. The van der Waals surface area contributed by atoms with Crippen LogP contribution < -0.4 is 14.2 Å². The van der Waals surface area contributed by atoms with E-state index >= 15 is 0 Å². The first-order valence-corrected chi connectivity index (χ1v) is 9.25. The first kappa shape index (κ1) is 18.1. The minimum absolute atomic E-state index is 0.124. The molecule has 0 saturated carbocycles. The van der Waals surface area contributed by atoms with Crippen molar-refractivity contribution >= 4 is 15.7 Å². The van der Waals surface area contributed by atoms with Gasteiger partial charge in [-0.1, -0.05) is 32.0 Å². The quantitative estimate of drug-likeness (QED) is 0.820. The molecular formula is C18H23NO4S. The maximum absolute atomic E-state index is 12.7. The van der Waals surface area contributed by atoms with Crippen LogP contribution in [0.4, 0.5) is 5.69 Å². The van der Waals surface area contributed by atoms with Crippen LogP contribution in [0, 0.1) is 0 Å². The number of hydrogen-bond donors (Lipinski definition) is 1. The third-order valence-corrected chi connectivity index (χ3v) is 5.38. The van der Waals surface area contributed by atoms with Gasteiger partial charge in [0.05, 0.1) is 24.8 Å². The maximum atomic E-state index is 12.7. The molecule has 0 radical (unpaired) electrons. The molecule has 0 unspecified atom stereocenters. The number of methoxy groups -OCH3 is 2. The SMILES string of the molecule is CC[C@H](C)c1ccccc1NS(=O)(=O)c1ccc(OC)c(OC)c1. The van der Waals surface area contributed by atoms with Gasteiger partial charge in [-0.25, -0.2) is 8.42 Å². The van der Waals surface area contributed by atoms with Gasteiger partial charge in [-0.3, -0.25) is 4.72 Å². The molecule has 0 bridgehead atoms. The lowest BCUT2D eigenvalue weighted by Gasteiger charge is -2.17. The highest BCUT2D eigenvalue weighted by Gasteiger charge is 2.19. The third-order valence-electron chi connectivity index (χ3n) is 4.01. The van der Waals surface area contributed by atoms with Crippen LogP contribution >= 0.6 is 0 Å². The summed E-state index contributed by atoms with van der Waals surface area (Å²) in [7, 11) is -0.742. The molecule has 2 aromatic rings. The monoisotopic (exact) mass is 349 g/mol. The predicted molar refractivity (Wildman–Crippen MR) is 95.5 cm³/mol. The standard InChI is InChI=1S/C18H23NO4S/c1-5-13(2)15-8-6-7-9-16(15)19-24(20,21)14-10-11-17(22-3)18(12-14)23-4/h6-13,19H,5H2,1-4H3/t13-/m0/s1. The van der Waals surface area contributed by atoms with E-state index < -0.39 is 10.0 Å². The number of para-hydroxylation sites is 1. The number of hydrogen-bond acceptors (Lipinski definition) is 4. The van der Waals surface area contributed by atoms with E-state index in [-0.39, 0.29) is 10.8 Å². The van der Waals surface area contributed by atoms with Crippen LogP contribution in [0.1, 0.15) is 31.7 Å². The average Bonchev–Trinajstić information content (AvgIpc) is 2.60. The molecule has 0 spiro atoms. The fraction of sp³-hybridized carbons (Fsp3) is 0.333. The Morgan fingerprint density at radius 3 is 2.33 bits per heavy atom. The van der Waals surface area contributed by atoms with Crippen LogP contribution in [-0.2, 0) is 10.0 Å². The second-order valence-corrected chi connectivity index (χ2v) is 7.20. The minimum atomic E-state index is -3.72. The number of rotatable bonds is 7. The van der Waals surface area contributed by atoms with Crippen LogP contribution in [0.25, 0.3) is 0 Å². The Morgan fingerprint density at radius 1 is 1.04 bits per heavy atom. The Bertz CT molecular complexity index is 802. The molecule has 2 aromatic carbocycles. The van der Waals surface area contributed by atoms with Crippen molar-refractivity contribution < 1.29 is 17.9 Å². The van der Waals surface area contributed by atoms with E-state index in [4.69, 9.17) is 9.47 Å². The van der Waals surface area contributed by atoms with Crippen LogP contribution in [0.5, 0.6) is 11.5 Å². The zero-order valence-electron chi connectivity index (χ0n) is 14.4. The van der Waals surface area contributed by atoms with Crippen molar-refractivity contribution in [2.24, 2.45) is 0 Å². The molecule has 0 amide bonds. The molecule has 0 fully saturated rings. The zero-order chi connectivity index (χ0) is 17.7. The van der Waals surface area contributed by atoms with E-state index in [9.17, 15) is 8.42 Å². The van der Waals surface area contributed by atoms with Gasteiger partial charge >= 0.3 is 0 Å². The molecule has 0 aliphatic carbocycles. The van der Waals surface area contributed by atoms with Gasteiger partial charge < -0.3 is 9.47 Å². The summed E-state index contributed by atoms with van der Waals surface area (Å²) < 4.78 is 38.5. The summed E-state index contributed by atoms with van der Waals surface area (Å²) in [6.07, 6.45) is 0.926. The van der Waals surface area contributed by atoms with Crippen molar-refractivity contribution in [3.63, 3.8) is 0 Å². The fourth-order valence-corrected chi connectivity index (χ4v) is 3.53. The summed E-state index contributed by atoms with van der Waals surface area (Å²) >= 11 is 0. The normalized spacial score (nSPS) is 12.5. The van der Waals surface area contributed by atoms with Gasteiger partial charge in [0.2, 0.25) is 0 Å². The van der Waals surface area contributed by atoms with Crippen LogP contribution in [-0.4, -0.2) is 22.6 Å². The predicted octanol–water partition coefficient (Wildman–Crippen LogP) is 4.02. The molecule has 0 aromatic heterocycles. The van der Waals surface area contributed by atoms with Crippen molar-refractivity contribution in [1.29, 1.82) is 0 Å². The molecule has 0 heterocycles. The van der Waals surface area contributed by atoms with Crippen molar-refractivity contribution in [3.8, 4) is 11.5 Å². The highest BCUT2D eigenvalue weighted by Crippen LogP contribution is 2.32. The Morgan fingerprint density at radius 2 is 1.71 bits per heavy atom. The minimum Gasteiger partial charge on any atom is -0.493 e. The lowest BCUT2D eigenvalue weighted by atomic mass is 9.97.